The highest BCUT2D eigenvalue weighted by molar-refractivity contribution is 6.30. The molecule has 2 fully saturated rings. The number of carbonyl (C=O) groups is 2. The van der Waals surface area contributed by atoms with E-state index in [0.29, 0.717) is 35.0 Å². The number of carbonyl (C=O) groups excluding carboxylic acids is 2. The molecule has 2 saturated heterocycles. The number of fused-ring (bicyclic) bond motifs is 2. The van der Waals surface area contributed by atoms with Crippen LogP contribution < -0.4 is 10.6 Å². The highest BCUT2D eigenvalue weighted by atomic mass is 35.5. The largest absolute Gasteiger partial charge is 0.340 e. The number of likely N-dealkylation sites (tertiary alicyclic amines) is 1. The van der Waals surface area contributed by atoms with Crippen molar-refractivity contribution in [3.8, 4) is 0 Å². The van der Waals surface area contributed by atoms with Gasteiger partial charge in [-0.1, -0.05) is 25.4 Å². The fraction of sp³-hybridized carbons (Fsp3) is 0.600. The lowest BCUT2D eigenvalue weighted by Gasteiger charge is -2.30. The van der Waals surface area contributed by atoms with Crippen LogP contribution in [0.1, 0.15) is 49.9 Å². The summed E-state index contributed by atoms with van der Waals surface area (Å²) in [6.07, 6.45) is 3.95. The molecule has 1 aromatic carbocycles. The fourth-order valence-corrected chi connectivity index (χ4v) is 4.03. The molecule has 0 spiro atoms. The Bertz CT molecular complexity index is 647. The minimum absolute atomic E-state index is 0.0374. The van der Waals surface area contributed by atoms with Gasteiger partial charge in [-0.2, -0.15) is 0 Å². The van der Waals surface area contributed by atoms with Crippen molar-refractivity contribution in [1.29, 1.82) is 0 Å². The summed E-state index contributed by atoms with van der Waals surface area (Å²) in [5, 5.41) is 7.13. The van der Waals surface area contributed by atoms with Gasteiger partial charge in [-0.25, -0.2) is 0 Å². The molecule has 2 bridgehead atoms. The number of halogens is 1. The number of hydrogen-bond donors (Lipinski definition) is 2. The molecule has 3 rings (SSSR count). The molecule has 6 heteroatoms. The smallest absolute Gasteiger partial charge is 0.251 e. The van der Waals surface area contributed by atoms with E-state index in [4.69, 9.17) is 11.6 Å². The third-order valence-electron chi connectivity index (χ3n) is 5.25. The molecule has 2 heterocycles. The molecule has 3 unspecified atom stereocenters. The second kappa shape index (κ2) is 8.40. The van der Waals surface area contributed by atoms with Crippen LogP contribution in [0.5, 0.6) is 0 Å². The Labute approximate surface area is 160 Å². The standard InChI is InChI=1S/C20H28ClN3O2/c1-13(2)11-18(23-19(25)14-3-5-15(21)6-4-14)20(26)24-10-9-16-7-8-17(12-24)22-16/h3-6,13,16-18,22H,7-12H2,1-2H3,(H,23,25). The van der Waals surface area contributed by atoms with Crippen molar-refractivity contribution < 1.29 is 9.59 Å². The van der Waals surface area contributed by atoms with Gasteiger partial charge in [0.1, 0.15) is 6.04 Å². The maximum Gasteiger partial charge on any atom is 0.251 e. The average molecular weight is 378 g/mol. The zero-order chi connectivity index (χ0) is 18.7. The first-order valence-corrected chi connectivity index (χ1v) is 9.91. The Balaban J connectivity index is 1.69. The van der Waals surface area contributed by atoms with Crippen molar-refractivity contribution >= 4 is 23.4 Å². The highest BCUT2D eigenvalue weighted by Crippen LogP contribution is 2.21. The van der Waals surface area contributed by atoms with E-state index in [2.05, 4.69) is 24.5 Å². The summed E-state index contributed by atoms with van der Waals surface area (Å²) in [6, 6.07) is 7.17. The molecule has 142 valence electrons. The van der Waals surface area contributed by atoms with Gasteiger partial charge in [0.05, 0.1) is 0 Å². The Morgan fingerprint density at radius 3 is 2.58 bits per heavy atom. The van der Waals surface area contributed by atoms with Crippen LogP contribution in [-0.2, 0) is 4.79 Å². The van der Waals surface area contributed by atoms with Crippen LogP contribution in [0.3, 0.4) is 0 Å². The summed E-state index contributed by atoms with van der Waals surface area (Å²) >= 11 is 5.89. The monoisotopic (exact) mass is 377 g/mol. The van der Waals surface area contributed by atoms with Gasteiger partial charge >= 0.3 is 0 Å². The molecule has 3 atom stereocenters. The van der Waals surface area contributed by atoms with Gasteiger partial charge in [-0.15, -0.1) is 0 Å². The molecule has 0 aliphatic carbocycles. The zero-order valence-electron chi connectivity index (χ0n) is 15.5. The summed E-state index contributed by atoms with van der Waals surface area (Å²) in [6.45, 7) is 5.64. The Hall–Kier alpha value is -1.59. The van der Waals surface area contributed by atoms with Crippen molar-refractivity contribution in [1.82, 2.24) is 15.5 Å². The topological polar surface area (TPSA) is 61.4 Å². The van der Waals surface area contributed by atoms with E-state index in [1.165, 1.54) is 6.42 Å². The van der Waals surface area contributed by atoms with E-state index in [1.54, 1.807) is 24.3 Å². The van der Waals surface area contributed by atoms with Gasteiger partial charge in [-0.3, -0.25) is 9.59 Å². The zero-order valence-corrected chi connectivity index (χ0v) is 16.3. The summed E-state index contributed by atoms with van der Waals surface area (Å²) in [5.74, 6) is 0.126. The first-order valence-electron chi connectivity index (χ1n) is 9.53. The Kier molecular flexibility index (Phi) is 6.20. The molecule has 0 radical (unpaired) electrons. The van der Waals surface area contributed by atoms with Crippen LogP contribution in [0.25, 0.3) is 0 Å². The van der Waals surface area contributed by atoms with Gasteiger partial charge in [0, 0.05) is 35.8 Å². The van der Waals surface area contributed by atoms with Crippen LogP contribution in [0.15, 0.2) is 24.3 Å². The van der Waals surface area contributed by atoms with Gasteiger partial charge in [0.15, 0.2) is 0 Å². The third-order valence-corrected chi connectivity index (χ3v) is 5.50. The number of rotatable bonds is 5. The second-order valence-electron chi connectivity index (χ2n) is 7.87. The maximum atomic E-state index is 13.1. The van der Waals surface area contributed by atoms with Crippen molar-refractivity contribution in [2.75, 3.05) is 13.1 Å². The molecule has 0 aromatic heterocycles. The molecule has 26 heavy (non-hydrogen) atoms. The van der Waals surface area contributed by atoms with Gasteiger partial charge in [0.2, 0.25) is 5.91 Å². The van der Waals surface area contributed by atoms with E-state index in [0.717, 1.165) is 25.9 Å². The van der Waals surface area contributed by atoms with Gasteiger partial charge in [-0.05, 0) is 55.9 Å². The van der Waals surface area contributed by atoms with Crippen molar-refractivity contribution in [2.24, 2.45) is 5.92 Å². The number of amides is 2. The van der Waals surface area contributed by atoms with E-state index >= 15 is 0 Å². The van der Waals surface area contributed by atoms with Gasteiger partial charge in [0.25, 0.3) is 5.91 Å². The lowest BCUT2D eigenvalue weighted by molar-refractivity contribution is -0.133. The quantitative estimate of drug-likeness (QED) is 0.829. The van der Waals surface area contributed by atoms with Gasteiger partial charge < -0.3 is 15.5 Å². The average Bonchev–Trinajstić information content (AvgIpc) is 2.92. The summed E-state index contributed by atoms with van der Waals surface area (Å²) < 4.78 is 0. The lowest BCUT2D eigenvalue weighted by atomic mass is 10.0. The van der Waals surface area contributed by atoms with E-state index < -0.39 is 6.04 Å². The summed E-state index contributed by atoms with van der Waals surface area (Å²) in [5.41, 5.74) is 0.521. The van der Waals surface area contributed by atoms with Crippen LogP contribution >= 0.6 is 11.6 Å². The first-order chi connectivity index (χ1) is 12.4. The summed E-state index contributed by atoms with van der Waals surface area (Å²) in [7, 11) is 0. The number of benzene rings is 1. The van der Waals surface area contributed by atoms with Crippen molar-refractivity contribution in [3.63, 3.8) is 0 Å². The lowest BCUT2D eigenvalue weighted by Crippen LogP contribution is -2.51. The van der Waals surface area contributed by atoms with Crippen LogP contribution in [0.2, 0.25) is 5.02 Å². The van der Waals surface area contributed by atoms with Crippen LogP contribution in [0, 0.1) is 5.92 Å². The predicted molar refractivity (Wildman–Crippen MR) is 103 cm³/mol. The van der Waals surface area contributed by atoms with Crippen LogP contribution in [-0.4, -0.2) is 47.9 Å². The molecular weight excluding hydrogens is 350 g/mol. The Morgan fingerprint density at radius 1 is 1.19 bits per heavy atom. The number of nitrogens with zero attached hydrogens (tertiary/aromatic N) is 1. The Morgan fingerprint density at radius 2 is 1.88 bits per heavy atom. The molecular formula is C20H28ClN3O2. The van der Waals surface area contributed by atoms with E-state index in [9.17, 15) is 9.59 Å². The molecule has 0 saturated carbocycles. The van der Waals surface area contributed by atoms with E-state index in [1.807, 2.05) is 4.90 Å². The fourth-order valence-electron chi connectivity index (χ4n) is 3.90. The molecule has 5 nitrogen and oxygen atoms in total. The van der Waals surface area contributed by atoms with Crippen molar-refractivity contribution in [2.45, 2.75) is 57.7 Å². The third kappa shape index (κ3) is 4.77. The number of nitrogens with one attached hydrogen (secondary N) is 2. The minimum atomic E-state index is -0.491. The summed E-state index contributed by atoms with van der Waals surface area (Å²) in [4.78, 5) is 27.7. The van der Waals surface area contributed by atoms with Crippen LogP contribution in [0.4, 0.5) is 0 Å². The molecule has 1 aromatic rings. The highest BCUT2D eigenvalue weighted by Gasteiger charge is 2.34. The minimum Gasteiger partial charge on any atom is -0.340 e. The normalized spacial score (nSPS) is 23.6. The van der Waals surface area contributed by atoms with Crippen molar-refractivity contribution in [3.05, 3.63) is 34.9 Å². The molecule has 2 aliphatic rings. The number of hydrogen-bond acceptors (Lipinski definition) is 3. The predicted octanol–water partition coefficient (Wildman–Crippen LogP) is 2.84. The maximum absolute atomic E-state index is 13.1. The molecule has 2 aliphatic heterocycles. The second-order valence-corrected chi connectivity index (χ2v) is 8.31. The van der Waals surface area contributed by atoms with E-state index in [-0.39, 0.29) is 11.8 Å². The molecule has 2 amide bonds. The SMILES string of the molecule is CC(C)CC(NC(=O)c1ccc(Cl)cc1)C(=O)N1CCC2CCC(C1)N2. The first kappa shape index (κ1) is 19.2. The molecule has 2 N–H and O–H groups in total.